The molecule has 0 atom stereocenters. The zero-order valence-corrected chi connectivity index (χ0v) is 22.3. The second-order valence-electron chi connectivity index (χ2n) is 11.3. The van der Waals surface area contributed by atoms with Gasteiger partial charge in [-0.25, -0.2) is 9.78 Å². The fraction of sp³-hybridized carbons (Fsp3) is 0.750. The Balaban J connectivity index is 1.22. The minimum absolute atomic E-state index is 0.0247. The molecule has 2 amide bonds. The largest absolute Gasteiger partial charge is 0.450 e. The van der Waals surface area contributed by atoms with E-state index in [0.717, 1.165) is 77.9 Å². The summed E-state index contributed by atoms with van der Waals surface area (Å²) in [4.78, 5) is 36.5. The Morgan fingerprint density at radius 1 is 1.06 bits per heavy atom. The van der Waals surface area contributed by atoms with Crippen LogP contribution in [-0.2, 0) is 4.74 Å². The van der Waals surface area contributed by atoms with Crippen LogP contribution in [0.25, 0.3) is 0 Å². The first-order chi connectivity index (χ1) is 17.4. The molecule has 0 saturated carbocycles. The number of oxazole rings is 1. The van der Waals surface area contributed by atoms with Crippen molar-refractivity contribution in [3.8, 4) is 0 Å². The number of ether oxygens (including phenoxy) is 1. The highest BCUT2D eigenvalue weighted by molar-refractivity contribution is 5.93. The summed E-state index contributed by atoms with van der Waals surface area (Å²) < 4.78 is 10.8. The number of hydrogen-bond donors (Lipinski definition) is 0. The summed E-state index contributed by atoms with van der Waals surface area (Å²) in [5.74, 6) is 1.84. The van der Waals surface area contributed by atoms with Crippen LogP contribution in [-0.4, -0.2) is 84.1 Å². The number of hydrogen-bond acceptors (Lipinski definition) is 6. The van der Waals surface area contributed by atoms with Crippen LogP contribution in [0.1, 0.15) is 80.4 Å². The molecule has 0 bridgehead atoms. The Hall–Kier alpha value is -2.35. The summed E-state index contributed by atoms with van der Waals surface area (Å²) >= 11 is 0. The van der Waals surface area contributed by atoms with Crippen LogP contribution >= 0.6 is 0 Å². The molecule has 4 aliphatic rings. The van der Waals surface area contributed by atoms with Crippen molar-refractivity contribution in [3.05, 3.63) is 28.5 Å². The molecular formula is C28H42N4O4. The number of piperidine rings is 2. The molecule has 5 rings (SSSR count). The molecule has 0 radical (unpaired) electrons. The topological polar surface area (TPSA) is 79.1 Å². The highest BCUT2D eigenvalue weighted by Crippen LogP contribution is 2.49. The summed E-state index contributed by atoms with van der Waals surface area (Å²) in [5, 5.41) is 0. The van der Waals surface area contributed by atoms with Crippen molar-refractivity contribution < 1.29 is 18.7 Å². The van der Waals surface area contributed by atoms with Crippen LogP contribution in [0.4, 0.5) is 4.79 Å². The van der Waals surface area contributed by atoms with E-state index in [-0.39, 0.29) is 17.4 Å². The second-order valence-corrected chi connectivity index (χ2v) is 11.3. The first-order valence-corrected chi connectivity index (χ1v) is 14.0. The van der Waals surface area contributed by atoms with Gasteiger partial charge in [0.15, 0.2) is 11.6 Å². The highest BCUT2D eigenvalue weighted by atomic mass is 16.6. The van der Waals surface area contributed by atoms with E-state index in [1.165, 1.54) is 24.8 Å². The Bertz CT molecular complexity index is 999. The Kier molecular flexibility index (Phi) is 7.42. The van der Waals surface area contributed by atoms with Crippen LogP contribution < -0.4 is 0 Å². The third-order valence-corrected chi connectivity index (χ3v) is 8.96. The molecule has 1 aromatic rings. The van der Waals surface area contributed by atoms with Gasteiger partial charge in [-0.3, -0.25) is 4.79 Å². The normalized spacial score (nSPS) is 23.2. The molecule has 1 aromatic heterocycles. The number of carbonyl (C=O) groups excluding carboxylic acids is 2. The van der Waals surface area contributed by atoms with Gasteiger partial charge < -0.3 is 23.9 Å². The molecule has 8 nitrogen and oxygen atoms in total. The second kappa shape index (κ2) is 10.6. The lowest BCUT2D eigenvalue weighted by Gasteiger charge is -2.51. The van der Waals surface area contributed by atoms with Gasteiger partial charge in [0.2, 0.25) is 0 Å². The maximum Gasteiger partial charge on any atom is 0.409 e. The zero-order valence-electron chi connectivity index (χ0n) is 22.3. The van der Waals surface area contributed by atoms with Gasteiger partial charge in [-0.1, -0.05) is 11.1 Å². The molecule has 3 aliphatic heterocycles. The van der Waals surface area contributed by atoms with E-state index >= 15 is 0 Å². The molecule has 198 valence electrons. The van der Waals surface area contributed by atoms with E-state index in [0.29, 0.717) is 29.9 Å². The van der Waals surface area contributed by atoms with Crippen molar-refractivity contribution in [1.82, 2.24) is 19.7 Å². The first kappa shape index (κ1) is 25.3. The van der Waals surface area contributed by atoms with Crippen molar-refractivity contribution in [2.24, 2.45) is 11.3 Å². The van der Waals surface area contributed by atoms with Gasteiger partial charge in [0.25, 0.3) is 5.91 Å². The quantitative estimate of drug-likeness (QED) is 0.566. The molecule has 36 heavy (non-hydrogen) atoms. The van der Waals surface area contributed by atoms with Crippen LogP contribution in [0.3, 0.4) is 0 Å². The predicted molar refractivity (Wildman–Crippen MR) is 137 cm³/mol. The smallest absolute Gasteiger partial charge is 0.409 e. The lowest BCUT2D eigenvalue weighted by atomic mass is 9.65. The van der Waals surface area contributed by atoms with Gasteiger partial charge >= 0.3 is 6.09 Å². The number of carbonyl (C=O) groups is 2. The number of rotatable bonds is 4. The average Bonchev–Trinajstić information content (AvgIpc) is 3.23. The van der Waals surface area contributed by atoms with Crippen molar-refractivity contribution in [1.29, 1.82) is 0 Å². The molecule has 4 heterocycles. The maximum atomic E-state index is 13.5. The Morgan fingerprint density at radius 3 is 2.44 bits per heavy atom. The summed E-state index contributed by atoms with van der Waals surface area (Å²) in [6.45, 7) is 12.4. The number of nitrogens with zero attached hydrogens (tertiary/aromatic N) is 4. The first-order valence-electron chi connectivity index (χ1n) is 14.0. The van der Waals surface area contributed by atoms with Crippen LogP contribution in [0.5, 0.6) is 0 Å². The summed E-state index contributed by atoms with van der Waals surface area (Å²) in [5.41, 5.74) is 3.78. The zero-order chi connectivity index (χ0) is 25.3. The fourth-order valence-corrected chi connectivity index (χ4v) is 7.05. The van der Waals surface area contributed by atoms with Gasteiger partial charge in [0, 0.05) is 45.1 Å². The standard InChI is InChI=1S/C28H42N4O4/c1-4-35-27(34)31-13-9-22(10-14-31)17-30-15-11-28(12-16-30)19-32(18-23-7-5-6-8-24(23)28)26(33)25-20(2)36-21(3)29-25/h22H,4-19H2,1-3H3. The average molecular weight is 499 g/mol. The lowest BCUT2D eigenvalue weighted by Crippen LogP contribution is -2.53. The van der Waals surface area contributed by atoms with Crippen molar-refractivity contribution in [3.63, 3.8) is 0 Å². The minimum Gasteiger partial charge on any atom is -0.450 e. The van der Waals surface area contributed by atoms with Crippen molar-refractivity contribution in [2.45, 2.75) is 72.1 Å². The number of amides is 2. The minimum atomic E-state index is -0.167. The highest BCUT2D eigenvalue weighted by Gasteiger charge is 2.45. The number of likely N-dealkylation sites (tertiary alicyclic amines) is 2. The number of aryl methyl sites for hydroxylation is 2. The van der Waals surface area contributed by atoms with Gasteiger partial charge in [0.05, 0.1) is 6.61 Å². The van der Waals surface area contributed by atoms with Gasteiger partial charge in [-0.2, -0.15) is 0 Å². The van der Waals surface area contributed by atoms with Crippen LogP contribution in [0, 0.1) is 25.2 Å². The van der Waals surface area contributed by atoms with E-state index in [4.69, 9.17) is 9.15 Å². The van der Waals surface area contributed by atoms with E-state index < -0.39 is 0 Å². The van der Waals surface area contributed by atoms with Crippen molar-refractivity contribution >= 4 is 12.0 Å². The number of aromatic nitrogens is 1. The lowest BCUT2D eigenvalue weighted by molar-refractivity contribution is 0.0439. The van der Waals surface area contributed by atoms with Gasteiger partial charge in [-0.15, -0.1) is 0 Å². The van der Waals surface area contributed by atoms with Crippen LogP contribution in [0.15, 0.2) is 15.6 Å². The molecule has 2 fully saturated rings. The summed E-state index contributed by atoms with van der Waals surface area (Å²) in [6.07, 6.45) is 9.01. The summed E-state index contributed by atoms with van der Waals surface area (Å²) in [6, 6.07) is 0. The van der Waals surface area contributed by atoms with E-state index in [1.54, 1.807) is 12.5 Å². The summed E-state index contributed by atoms with van der Waals surface area (Å²) in [7, 11) is 0. The monoisotopic (exact) mass is 498 g/mol. The molecule has 8 heteroatoms. The molecule has 0 unspecified atom stereocenters. The molecule has 2 saturated heterocycles. The van der Waals surface area contributed by atoms with Gasteiger partial charge in [0.1, 0.15) is 5.76 Å². The molecular weight excluding hydrogens is 456 g/mol. The molecule has 0 aromatic carbocycles. The Labute approximate surface area is 215 Å². The third kappa shape index (κ3) is 5.06. The van der Waals surface area contributed by atoms with Crippen LogP contribution in [0.2, 0.25) is 0 Å². The SMILES string of the molecule is CCOC(=O)N1CCC(CN2CCC3(CC2)CN(C(=O)c2nc(C)oc2C)CC2=C3CCCC2)CC1. The molecule has 1 aliphatic carbocycles. The van der Waals surface area contributed by atoms with E-state index in [9.17, 15) is 9.59 Å². The molecule has 1 spiro atoms. The van der Waals surface area contributed by atoms with Gasteiger partial charge in [-0.05, 0) is 84.2 Å². The Morgan fingerprint density at radius 2 is 1.78 bits per heavy atom. The van der Waals surface area contributed by atoms with E-state index in [1.807, 2.05) is 18.7 Å². The molecule has 0 N–H and O–H groups in total. The predicted octanol–water partition coefficient (Wildman–Crippen LogP) is 4.57. The third-order valence-electron chi connectivity index (χ3n) is 8.96. The maximum absolute atomic E-state index is 13.5. The van der Waals surface area contributed by atoms with E-state index in [2.05, 4.69) is 14.8 Å². The number of fused-ring (bicyclic) bond motifs is 1. The fourth-order valence-electron chi connectivity index (χ4n) is 7.05. The van der Waals surface area contributed by atoms with Crippen molar-refractivity contribution in [2.75, 3.05) is 52.4 Å².